The highest BCUT2D eigenvalue weighted by Gasteiger charge is 2.38. The minimum absolute atomic E-state index is 0.0627. The summed E-state index contributed by atoms with van der Waals surface area (Å²) >= 11 is 0. The van der Waals surface area contributed by atoms with Crippen molar-refractivity contribution in [1.82, 2.24) is 10.2 Å². The van der Waals surface area contributed by atoms with Gasteiger partial charge in [0.25, 0.3) is 0 Å². The molecular formula is C18H26N4O2. The zero-order chi connectivity index (χ0) is 17.1. The zero-order valence-electron chi connectivity index (χ0n) is 14.4. The zero-order valence-corrected chi connectivity index (χ0v) is 14.4. The molecule has 2 fully saturated rings. The lowest BCUT2D eigenvalue weighted by Crippen LogP contribution is -2.63. The second kappa shape index (κ2) is 7.11. The monoisotopic (exact) mass is 330 g/mol. The fraction of sp³-hybridized carbons (Fsp3) is 0.556. The highest BCUT2D eigenvalue weighted by atomic mass is 16.2. The number of hydrogen-bond acceptors (Lipinski definition) is 3. The van der Waals surface area contributed by atoms with Gasteiger partial charge in [0.05, 0.1) is 17.4 Å². The van der Waals surface area contributed by atoms with E-state index < -0.39 is 0 Å². The molecule has 1 aliphatic heterocycles. The molecule has 1 aromatic rings. The number of fused-ring (bicyclic) bond motifs is 1. The Morgan fingerprint density at radius 3 is 2.88 bits per heavy atom. The number of nitrogens with zero attached hydrogens (tertiary/aromatic N) is 2. The molecule has 0 radical (unpaired) electrons. The van der Waals surface area contributed by atoms with Gasteiger partial charge in [0, 0.05) is 19.6 Å². The van der Waals surface area contributed by atoms with Crippen LogP contribution in [0.5, 0.6) is 0 Å². The third-order valence-electron chi connectivity index (χ3n) is 5.08. The van der Waals surface area contributed by atoms with E-state index in [9.17, 15) is 9.59 Å². The molecule has 2 atom stereocenters. The third-order valence-corrected chi connectivity index (χ3v) is 5.08. The second-order valence-corrected chi connectivity index (χ2v) is 6.62. The van der Waals surface area contributed by atoms with Gasteiger partial charge in [0.2, 0.25) is 5.91 Å². The molecule has 3 amide bonds. The van der Waals surface area contributed by atoms with Crippen molar-refractivity contribution in [2.45, 2.75) is 44.7 Å². The molecule has 1 saturated carbocycles. The van der Waals surface area contributed by atoms with E-state index in [1.807, 2.05) is 31.3 Å². The first-order valence-electron chi connectivity index (χ1n) is 8.77. The van der Waals surface area contributed by atoms with Crippen LogP contribution in [0.15, 0.2) is 24.3 Å². The molecule has 1 heterocycles. The van der Waals surface area contributed by atoms with E-state index in [4.69, 9.17) is 0 Å². The van der Waals surface area contributed by atoms with Crippen molar-refractivity contribution >= 4 is 23.3 Å². The van der Waals surface area contributed by atoms with E-state index >= 15 is 0 Å². The summed E-state index contributed by atoms with van der Waals surface area (Å²) in [6, 6.07) is 7.79. The lowest BCUT2D eigenvalue weighted by Gasteiger charge is -2.43. The Kier molecular flexibility index (Phi) is 4.92. The first-order chi connectivity index (χ1) is 11.6. The molecule has 24 heavy (non-hydrogen) atoms. The largest absolute Gasteiger partial charge is 0.373 e. The van der Waals surface area contributed by atoms with Gasteiger partial charge in [-0.3, -0.25) is 4.79 Å². The van der Waals surface area contributed by atoms with Gasteiger partial charge in [-0.15, -0.1) is 0 Å². The molecule has 6 heteroatoms. The molecule has 0 spiro atoms. The Balaban J connectivity index is 1.78. The molecule has 0 unspecified atom stereocenters. The number of piperazine rings is 1. The molecule has 6 nitrogen and oxygen atoms in total. The van der Waals surface area contributed by atoms with Crippen LogP contribution in [-0.4, -0.2) is 49.1 Å². The van der Waals surface area contributed by atoms with Gasteiger partial charge < -0.3 is 20.4 Å². The van der Waals surface area contributed by atoms with Crippen molar-refractivity contribution in [2.24, 2.45) is 0 Å². The van der Waals surface area contributed by atoms with Gasteiger partial charge >= 0.3 is 6.03 Å². The highest BCUT2D eigenvalue weighted by molar-refractivity contribution is 5.96. The summed E-state index contributed by atoms with van der Waals surface area (Å²) in [4.78, 5) is 28.6. The van der Waals surface area contributed by atoms with Crippen molar-refractivity contribution < 1.29 is 9.59 Å². The maximum absolute atomic E-state index is 12.8. The number of nitrogens with one attached hydrogen (secondary N) is 2. The molecule has 1 aliphatic carbocycles. The number of urea groups is 1. The summed E-state index contributed by atoms with van der Waals surface area (Å²) in [6.07, 6.45) is 4.13. The molecule has 0 bridgehead atoms. The van der Waals surface area contributed by atoms with Gasteiger partial charge in [-0.05, 0) is 31.9 Å². The standard InChI is InChI=1S/C18H26N4O2/c1-3-21(2)15-10-6-4-8-13(15)20-18(24)22-12-17(23)19-14-9-5-7-11-16(14)22/h4,6,8,10,14,16H,3,5,7,9,11-12H2,1-2H3,(H,19,23)(H,20,24)/t14-,16-/m1/s1. The third kappa shape index (κ3) is 3.32. The molecule has 3 rings (SSSR count). The van der Waals surface area contributed by atoms with Crippen LogP contribution in [0.3, 0.4) is 0 Å². The number of carbonyl (C=O) groups is 2. The number of amides is 3. The van der Waals surface area contributed by atoms with Gasteiger partial charge in [-0.25, -0.2) is 4.79 Å². The van der Waals surface area contributed by atoms with Crippen LogP contribution >= 0.6 is 0 Å². The number of rotatable bonds is 3. The minimum Gasteiger partial charge on any atom is -0.373 e. The van der Waals surface area contributed by atoms with Crippen LogP contribution in [0.25, 0.3) is 0 Å². The molecule has 2 aliphatic rings. The predicted octanol–water partition coefficient (Wildman–Crippen LogP) is 2.42. The number of carbonyl (C=O) groups excluding carboxylic acids is 2. The Hall–Kier alpha value is -2.24. The fourth-order valence-corrected chi connectivity index (χ4v) is 3.67. The summed E-state index contributed by atoms with van der Waals surface area (Å²) in [6.45, 7) is 3.06. The first-order valence-corrected chi connectivity index (χ1v) is 8.77. The fourth-order valence-electron chi connectivity index (χ4n) is 3.67. The van der Waals surface area contributed by atoms with E-state index in [1.54, 1.807) is 4.90 Å². The van der Waals surface area contributed by atoms with Crippen molar-refractivity contribution in [3.05, 3.63) is 24.3 Å². The summed E-state index contributed by atoms with van der Waals surface area (Å²) in [5, 5.41) is 6.05. The maximum atomic E-state index is 12.8. The number of hydrogen-bond donors (Lipinski definition) is 2. The van der Waals surface area contributed by atoms with Gasteiger partial charge in [-0.2, -0.15) is 0 Å². The normalized spacial score (nSPS) is 23.2. The summed E-state index contributed by atoms with van der Waals surface area (Å²) in [7, 11) is 2.00. The average Bonchev–Trinajstić information content (AvgIpc) is 2.60. The maximum Gasteiger partial charge on any atom is 0.322 e. The average molecular weight is 330 g/mol. The first kappa shape index (κ1) is 16.6. The minimum atomic E-state index is -0.182. The van der Waals surface area contributed by atoms with Gasteiger partial charge in [-0.1, -0.05) is 25.0 Å². The molecule has 1 aromatic carbocycles. The predicted molar refractivity (Wildman–Crippen MR) is 95.3 cm³/mol. The summed E-state index contributed by atoms with van der Waals surface area (Å²) in [5.41, 5.74) is 1.76. The van der Waals surface area contributed by atoms with Crippen molar-refractivity contribution in [3.63, 3.8) is 0 Å². The van der Waals surface area contributed by atoms with Crippen LogP contribution in [0.2, 0.25) is 0 Å². The highest BCUT2D eigenvalue weighted by Crippen LogP contribution is 2.28. The lowest BCUT2D eigenvalue weighted by atomic mass is 9.87. The smallest absolute Gasteiger partial charge is 0.322 e. The van der Waals surface area contributed by atoms with E-state index in [-0.39, 0.29) is 30.6 Å². The van der Waals surface area contributed by atoms with Crippen LogP contribution < -0.4 is 15.5 Å². The van der Waals surface area contributed by atoms with Gasteiger partial charge in [0.15, 0.2) is 0 Å². The van der Waals surface area contributed by atoms with E-state index in [0.29, 0.717) is 0 Å². The van der Waals surface area contributed by atoms with Crippen LogP contribution in [0.1, 0.15) is 32.6 Å². The lowest BCUT2D eigenvalue weighted by molar-refractivity contribution is -0.126. The molecular weight excluding hydrogens is 304 g/mol. The Bertz CT molecular complexity index is 619. The topological polar surface area (TPSA) is 64.7 Å². The quantitative estimate of drug-likeness (QED) is 0.894. The Morgan fingerprint density at radius 2 is 2.08 bits per heavy atom. The van der Waals surface area contributed by atoms with Crippen LogP contribution in [-0.2, 0) is 4.79 Å². The SMILES string of the molecule is CCN(C)c1ccccc1NC(=O)N1CC(=O)N[C@@H]2CCCC[C@H]21. The van der Waals surface area contributed by atoms with Crippen molar-refractivity contribution in [2.75, 3.05) is 30.4 Å². The van der Waals surface area contributed by atoms with E-state index in [2.05, 4.69) is 22.5 Å². The summed E-state index contributed by atoms with van der Waals surface area (Å²) in [5.74, 6) is -0.0627. The Morgan fingerprint density at radius 1 is 1.33 bits per heavy atom. The summed E-state index contributed by atoms with van der Waals surface area (Å²) < 4.78 is 0. The second-order valence-electron chi connectivity index (χ2n) is 6.62. The number of para-hydroxylation sites is 2. The van der Waals surface area contributed by atoms with Crippen molar-refractivity contribution in [1.29, 1.82) is 0 Å². The van der Waals surface area contributed by atoms with Gasteiger partial charge in [0.1, 0.15) is 6.54 Å². The van der Waals surface area contributed by atoms with Crippen molar-refractivity contribution in [3.8, 4) is 0 Å². The van der Waals surface area contributed by atoms with Crippen LogP contribution in [0.4, 0.5) is 16.2 Å². The number of anilines is 2. The van der Waals surface area contributed by atoms with Crippen LogP contribution in [0, 0.1) is 0 Å². The van der Waals surface area contributed by atoms with E-state index in [0.717, 1.165) is 43.6 Å². The van der Waals surface area contributed by atoms with E-state index in [1.165, 1.54) is 0 Å². The Labute approximate surface area is 143 Å². The number of benzene rings is 1. The molecule has 2 N–H and O–H groups in total. The molecule has 130 valence electrons. The molecule has 1 saturated heterocycles. The molecule has 0 aromatic heterocycles.